The Morgan fingerprint density at radius 2 is 1.94 bits per heavy atom. The van der Waals surface area contributed by atoms with E-state index < -0.39 is 6.61 Å². The average molecular weight is 448 g/mol. The first kappa shape index (κ1) is 19.7. The van der Waals surface area contributed by atoms with Gasteiger partial charge in [-0.1, -0.05) is 18.2 Å². The highest BCUT2D eigenvalue weighted by Gasteiger charge is 2.42. The minimum absolute atomic E-state index is 0.0476. The molecule has 9 heteroatoms. The quantitative estimate of drug-likeness (QED) is 0.498. The molecule has 0 radical (unpaired) electrons. The number of imidazole rings is 1. The topological polar surface area (TPSA) is 78.3 Å². The molecule has 0 unspecified atom stereocenters. The highest BCUT2D eigenvalue weighted by molar-refractivity contribution is 6.00. The van der Waals surface area contributed by atoms with Crippen molar-refractivity contribution in [3.63, 3.8) is 0 Å². The van der Waals surface area contributed by atoms with Gasteiger partial charge in [0.1, 0.15) is 11.6 Å². The Morgan fingerprint density at radius 1 is 1.09 bits per heavy atom. The molecule has 6 rings (SSSR count). The molecule has 0 aliphatic carbocycles. The Balaban J connectivity index is 1.68. The fraction of sp³-hybridized carbons (Fsp3) is 0.208. The predicted octanol–water partition coefficient (Wildman–Crippen LogP) is 4.49. The zero-order valence-electron chi connectivity index (χ0n) is 17.5. The zero-order chi connectivity index (χ0) is 22.7. The standard InChI is InChI=1S/C24H18F2N4O3/c1-32-19-8-4-6-14(27-19)21-18(33-24(25)26)10-9-12-20(21)17-11-15(29-23(12)31)22-28-13-5-2-3-7-16(13)30(17)22/h2-10,15,17,24H,11H2,1H3,(H,29,31)/t15-,17-/m1/s1. The number of carbonyl (C=O) groups is 1. The number of ether oxygens (including phenoxy) is 2. The third kappa shape index (κ3) is 2.95. The molecule has 1 amide bonds. The van der Waals surface area contributed by atoms with Crippen LogP contribution in [0.2, 0.25) is 0 Å². The molecular weight excluding hydrogens is 430 g/mol. The number of halogens is 2. The van der Waals surface area contributed by atoms with Crippen molar-refractivity contribution < 1.29 is 23.0 Å². The predicted molar refractivity (Wildman–Crippen MR) is 116 cm³/mol. The van der Waals surface area contributed by atoms with Crippen LogP contribution in [0.4, 0.5) is 8.78 Å². The van der Waals surface area contributed by atoms with Crippen molar-refractivity contribution in [1.82, 2.24) is 19.9 Å². The molecule has 0 saturated heterocycles. The zero-order valence-corrected chi connectivity index (χ0v) is 17.5. The van der Waals surface area contributed by atoms with Crippen molar-refractivity contribution >= 4 is 16.9 Å². The second-order valence-electron chi connectivity index (χ2n) is 7.95. The first-order valence-corrected chi connectivity index (χ1v) is 10.5. The molecule has 166 valence electrons. The monoisotopic (exact) mass is 448 g/mol. The minimum atomic E-state index is -3.03. The van der Waals surface area contributed by atoms with Crippen molar-refractivity contribution in [2.24, 2.45) is 0 Å². The van der Waals surface area contributed by atoms with Gasteiger partial charge in [0, 0.05) is 22.8 Å². The van der Waals surface area contributed by atoms with Gasteiger partial charge in [0.25, 0.3) is 5.91 Å². The molecule has 0 spiro atoms. The maximum absolute atomic E-state index is 13.4. The smallest absolute Gasteiger partial charge is 0.387 e. The van der Waals surface area contributed by atoms with Gasteiger partial charge in [-0.15, -0.1) is 0 Å². The Hall–Kier alpha value is -4.01. The lowest BCUT2D eigenvalue weighted by Crippen LogP contribution is -2.28. The van der Waals surface area contributed by atoms with Crippen LogP contribution in [0.3, 0.4) is 0 Å². The molecule has 2 aromatic heterocycles. The van der Waals surface area contributed by atoms with Crippen molar-refractivity contribution in [3.8, 4) is 22.9 Å². The highest BCUT2D eigenvalue weighted by atomic mass is 19.3. The second-order valence-corrected chi connectivity index (χ2v) is 7.95. The number of methoxy groups -OCH3 is 1. The number of rotatable bonds is 4. The van der Waals surface area contributed by atoms with Crippen molar-refractivity contribution in [2.75, 3.05) is 7.11 Å². The molecule has 7 nitrogen and oxygen atoms in total. The summed E-state index contributed by atoms with van der Waals surface area (Å²) >= 11 is 0. The average Bonchev–Trinajstić information content (AvgIpc) is 3.31. The first-order valence-electron chi connectivity index (χ1n) is 10.5. The SMILES string of the molecule is COc1cccc(-c2c(OC(F)F)ccc3c2[C@H]2C[C@@H](NC3=O)c3nc4ccccc4n32)n1. The van der Waals surface area contributed by atoms with E-state index in [-0.39, 0.29) is 23.7 Å². The van der Waals surface area contributed by atoms with Gasteiger partial charge < -0.3 is 19.4 Å². The van der Waals surface area contributed by atoms with Crippen LogP contribution in [0.15, 0.2) is 54.6 Å². The molecule has 2 atom stereocenters. The minimum Gasteiger partial charge on any atom is -0.481 e. The molecule has 2 aromatic carbocycles. The number of amides is 1. The van der Waals surface area contributed by atoms with E-state index in [2.05, 4.69) is 14.9 Å². The van der Waals surface area contributed by atoms with Crippen LogP contribution in [0.25, 0.3) is 22.3 Å². The van der Waals surface area contributed by atoms with E-state index in [1.165, 1.54) is 19.2 Å². The molecule has 0 saturated carbocycles. The number of alkyl halides is 2. The number of hydrogen-bond acceptors (Lipinski definition) is 5. The van der Waals surface area contributed by atoms with Crippen LogP contribution >= 0.6 is 0 Å². The summed E-state index contributed by atoms with van der Waals surface area (Å²) in [7, 11) is 1.48. The Bertz CT molecular complexity index is 1420. The molecule has 33 heavy (non-hydrogen) atoms. The van der Waals surface area contributed by atoms with Crippen LogP contribution < -0.4 is 14.8 Å². The fourth-order valence-corrected chi connectivity index (χ4v) is 4.95. The Morgan fingerprint density at radius 3 is 2.76 bits per heavy atom. The van der Waals surface area contributed by atoms with Crippen LogP contribution in [0.5, 0.6) is 11.6 Å². The number of hydrogen-bond donors (Lipinski definition) is 1. The van der Waals surface area contributed by atoms with Gasteiger partial charge in [-0.05, 0) is 36.8 Å². The van der Waals surface area contributed by atoms with Gasteiger partial charge in [-0.2, -0.15) is 8.78 Å². The molecule has 2 aliphatic heterocycles. The summed E-state index contributed by atoms with van der Waals surface area (Å²) in [5.74, 6) is 0.728. The van der Waals surface area contributed by atoms with Gasteiger partial charge in [0.2, 0.25) is 5.88 Å². The molecule has 4 aromatic rings. The van der Waals surface area contributed by atoms with Gasteiger partial charge >= 0.3 is 6.61 Å². The number of para-hydroxylation sites is 2. The van der Waals surface area contributed by atoms with Gasteiger partial charge in [-0.3, -0.25) is 4.79 Å². The molecule has 1 N–H and O–H groups in total. The van der Waals surface area contributed by atoms with Crippen molar-refractivity contribution in [2.45, 2.75) is 25.1 Å². The Labute approximate surface area is 187 Å². The summed E-state index contributed by atoms with van der Waals surface area (Å²) in [6, 6.07) is 15.1. The number of aromatic nitrogens is 3. The second kappa shape index (κ2) is 7.26. The highest BCUT2D eigenvalue weighted by Crippen LogP contribution is 2.49. The van der Waals surface area contributed by atoms with Gasteiger partial charge in [-0.25, -0.2) is 9.97 Å². The van der Waals surface area contributed by atoms with E-state index in [1.54, 1.807) is 18.2 Å². The van der Waals surface area contributed by atoms with Crippen LogP contribution in [0.1, 0.15) is 40.3 Å². The van der Waals surface area contributed by atoms with Crippen molar-refractivity contribution in [3.05, 3.63) is 71.5 Å². The maximum atomic E-state index is 13.4. The lowest BCUT2D eigenvalue weighted by Gasteiger charge is -2.23. The summed E-state index contributed by atoms with van der Waals surface area (Å²) < 4.78 is 39.0. The number of fused-ring (bicyclic) bond motifs is 9. The van der Waals surface area contributed by atoms with Gasteiger partial charge in [0.05, 0.1) is 35.9 Å². The lowest BCUT2D eigenvalue weighted by molar-refractivity contribution is -0.0495. The summed E-state index contributed by atoms with van der Waals surface area (Å²) in [5.41, 5.74) is 3.42. The first-order chi connectivity index (χ1) is 16.0. The molecule has 2 aliphatic rings. The molecule has 0 fully saturated rings. The van der Waals surface area contributed by atoms with Crippen LogP contribution in [-0.2, 0) is 0 Å². The third-order valence-electron chi connectivity index (χ3n) is 6.20. The number of benzene rings is 2. The van der Waals surface area contributed by atoms with Crippen LogP contribution in [0, 0.1) is 0 Å². The normalized spacial score (nSPS) is 18.6. The summed E-state index contributed by atoms with van der Waals surface area (Å²) in [4.78, 5) is 22.4. The van der Waals surface area contributed by atoms with Crippen molar-refractivity contribution in [1.29, 1.82) is 0 Å². The number of nitrogens with one attached hydrogen (secondary N) is 1. The Kier molecular flexibility index (Phi) is 4.33. The van der Waals surface area contributed by atoms with E-state index in [1.807, 2.05) is 24.3 Å². The molecule has 2 bridgehead atoms. The number of carbonyl (C=O) groups excluding carboxylic acids is 1. The summed E-state index contributed by atoms with van der Waals surface area (Å²) in [6.45, 7) is -3.03. The lowest BCUT2D eigenvalue weighted by atomic mass is 9.90. The summed E-state index contributed by atoms with van der Waals surface area (Å²) in [6.07, 6.45) is 0.543. The van der Waals surface area contributed by atoms with E-state index in [9.17, 15) is 13.6 Å². The van der Waals surface area contributed by atoms with E-state index in [4.69, 9.17) is 14.5 Å². The fourth-order valence-electron chi connectivity index (χ4n) is 4.95. The number of pyridine rings is 1. The maximum Gasteiger partial charge on any atom is 0.387 e. The summed E-state index contributed by atoms with van der Waals surface area (Å²) in [5, 5.41) is 3.05. The third-order valence-corrected chi connectivity index (χ3v) is 6.20. The molecular formula is C24H18F2N4O3. The van der Waals surface area contributed by atoms with Gasteiger partial charge in [0.15, 0.2) is 0 Å². The van der Waals surface area contributed by atoms with Crippen LogP contribution in [-0.4, -0.2) is 34.2 Å². The van der Waals surface area contributed by atoms with E-state index >= 15 is 0 Å². The van der Waals surface area contributed by atoms with E-state index in [0.29, 0.717) is 34.7 Å². The molecule has 4 heterocycles. The van der Waals surface area contributed by atoms with E-state index in [0.717, 1.165) is 16.9 Å². The largest absolute Gasteiger partial charge is 0.481 e. The number of nitrogens with zero attached hydrogens (tertiary/aromatic N) is 3.